The molecule has 0 saturated heterocycles. The fourth-order valence-electron chi connectivity index (χ4n) is 2.95. The first-order valence-corrected chi connectivity index (χ1v) is 9.37. The topological polar surface area (TPSA) is 79.8 Å². The second-order valence-corrected chi connectivity index (χ2v) is 6.50. The molecule has 6 heteroatoms. The lowest BCUT2D eigenvalue weighted by Gasteiger charge is -2.13. The van der Waals surface area contributed by atoms with Gasteiger partial charge in [0, 0.05) is 5.56 Å². The van der Waals surface area contributed by atoms with Gasteiger partial charge in [0.05, 0.1) is 12.3 Å². The van der Waals surface area contributed by atoms with Gasteiger partial charge in [-0.1, -0.05) is 66.6 Å². The van der Waals surface area contributed by atoms with Gasteiger partial charge in [-0.15, -0.1) is 6.42 Å². The van der Waals surface area contributed by atoms with Crippen molar-refractivity contribution in [2.75, 3.05) is 6.61 Å². The molecule has 6 nitrogen and oxygen atoms in total. The summed E-state index contributed by atoms with van der Waals surface area (Å²) in [6.45, 7) is 1.90. The number of carbonyl (C=O) groups excluding carboxylic acids is 2. The van der Waals surface area contributed by atoms with Gasteiger partial charge in [-0.25, -0.2) is 5.43 Å². The van der Waals surface area contributed by atoms with Crippen LogP contribution in [-0.2, 0) is 9.59 Å². The quantitative estimate of drug-likeness (QED) is 0.289. The molecule has 3 aromatic rings. The monoisotopic (exact) mass is 399 g/mol. The van der Waals surface area contributed by atoms with Crippen molar-refractivity contribution in [1.29, 1.82) is 0 Å². The first-order chi connectivity index (χ1) is 14.6. The summed E-state index contributed by atoms with van der Waals surface area (Å²) >= 11 is 0. The first kappa shape index (κ1) is 20.6. The minimum Gasteiger partial charge on any atom is -0.480 e. The Bertz CT molecular complexity index is 1120. The van der Waals surface area contributed by atoms with Gasteiger partial charge in [0.15, 0.2) is 0 Å². The molecule has 0 aliphatic heterocycles. The maximum atomic E-state index is 12.1. The molecule has 0 spiro atoms. The molecular formula is C24H21N3O3. The fraction of sp³-hybridized carbons (Fsp3) is 0.125. The van der Waals surface area contributed by atoms with Crippen molar-refractivity contribution < 1.29 is 14.3 Å². The van der Waals surface area contributed by atoms with Crippen molar-refractivity contribution in [3.8, 4) is 18.1 Å². The molecular weight excluding hydrogens is 378 g/mol. The smallest absolute Gasteiger partial charge is 0.329 e. The van der Waals surface area contributed by atoms with Gasteiger partial charge in [0.2, 0.25) is 0 Å². The van der Waals surface area contributed by atoms with Gasteiger partial charge >= 0.3 is 11.8 Å². The molecule has 0 fully saturated rings. The maximum Gasteiger partial charge on any atom is 0.329 e. The van der Waals surface area contributed by atoms with Crippen LogP contribution in [0.2, 0.25) is 0 Å². The third kappa shape index (κ3) is 5.03. The zero-order chi connectivity index (χ0) is 21.3. The van der Waals surface area contributed by atoms with Crippen LogP contribution in [0.25, 0.3) is 10.8 Å². The number of nitrogens with zero attached hydrogens (tertiary/aromatic N) is 1. The standard InChI is InChI=1S/C24H21N3O3/c1-3-15-30-22-14-13-19-11-7-8-12-20(19)21(22)16-25-27-24(29)23(28)26-17(2)18-9-5-4-6-10-18/h1,4-14,16-17H,15H2,2H3,(H,26,28)(H,27,29)/b25-16-/t17-/m1/s1. The summed E-state index contributed by atoms with van der Waals surface area (Å²) in [6, 6.07) is 20.4. The van der Waals surface area contributed by atoms with Gasteiger partial charge < -0.3 is 10.1 Å². The molecule has 0 saturated carbocycles. The van der Waals surface area contributed by atoms with E-state index in [-0.39, 0.29) is 12.6 Å². The maximum absolute atomic E-state index is 12.1. The second-order valence-electron chi connectivity index (χ2n) is 6.50. The van der Waals surface area contributed by atoms with Crippen LogP contribution in [0, 0.1) is 12.3 Å². The van der Waals surface area contributed by atoms with E-state index in [0.717, 1.165) is 16.3 Å². The zero-order valence-electron chi connectivity index (χ0n) is 16.5. The van der Waals surface area contributed by atoms with Crippen molar-refractivity contribution in [1.82, 2.24) is 10.7 Å². The van der Waals surface area contributed by atoms with Crippen molar-refractivity contribution >= 4 is 28.8 Å². The van der Waals surface area contributed by atoms with Gasteiger partial charge in [0.1, 0.15) is 12.4 Å². The highest BCUT2D eigenvalue weighted by Gasteiger charge is 2.16. The highest BCUT2D eigenvalue weighted by molar-refractivity contribution is 6.35. The minimum atomic E-state index is -0.861. The lowest BCUT2D eigenvalue weighted by Crippen LogP contribution is -2.39. The van der Waals surface area contributed by atoms with E-state index in [0.29, 0.717) is 11.3 Å². The number of hydrazone groups is 1. The van der Waals surface area contributed by atoms with Gasteiger partial charge in [-0.05, 0) is 29.3 Å². The largest absolute Gasteiger partial charge is 0.480 e. The number of hydrogen-bond donors (Lipinski definition) is 2. The lowest BCUT2D eigenvalue weighted by atomic mass is 10.0. The van der Waals surface area contributed by atoms with Gasteiger partial charge in [0.25, 0.3) is 0 Å². The Morgan fingerprint density at radius 1 is 1.07 bits per heavy atom. The van der Waals surface area contributed by atoms with Crippen molar-refractivity contribution in [2.24, 2.45) is 5.10 Å². The van der Waals surface area contributed by atoms with Gasteiger partial charge in [-0.3, -0.25) is 9.59 Å². The SMILES string of the molecule is C#CCOc1ccc2ccccc2c1/C=N\NC(=O)C(=O)N[C@H](C)c1ccccc1. The highest BCUT2D eigenvalue weighted by Crippen LogP contribution is 2.26. The van der Waals surface area contributed by atoms with E-state index in [1.807, 2.05) is 60.7 Å². The molecule has 0 radical (unpaired) electrons. The number of carbonyl (C=O) groups is 2. The number of ether oxygens (including phenoxy) is 1. The van der Waals surface area contributed by atoms with Crippen molar-refractivity contribution in [3.05, 3.63) is 77.9 Å². The molecule has 3 rings (SSSR count). The summed E-state index contributed by atoms with van der Waals surface area (Å²) in [7, 11) is 0. The normalized spacial score (nSPS) is 11.6. The molecule has 2 amide bonds. The summed E-state index contributed by atoms with van der Waals surface area (Å²) in [5.41, 5.74) is 3.81. The molecule has 2 N–H and O–H groups in total. The number of benzene rings is 3. The predicted molar refractivity (Wildman–Crippen MR) is 117 cm³/mol. The third-order valence-electron chi connectivity index (χ3n) is 4.45. The van der Waals surface area contributed by atoms with E-state index >= 15 is 0 Å². The fourth-order valence-corrected chi connectivity index (χ4v) is 2.95. The minimum absolute atomic E-state index is 0.102. The molecule has 0 heterocycles. The highest BCUT2D eigenvalue weighted by atomic mass is 16.5. The van der Waals surface area contributed by atoms with Crippen LogP contribution in [-0.4, -0.2) is 24.6 Å². The third-order valence-corrected chi connectivity index (χ3v) is 4.45. The Hall–Kier alpha value is -4.11. The zero-order valence-corrected chi connectivity index (χ0v) is 16.5. The number of terminal acetylenes is 1. The van der Waals surface area contributed by atoms with Crippen LogP contribution in [0.15, 0.2) is 71.8 Å². The first-order valence-electron chi connectivity index (χ1n) is 9.37. The van der Waals surface area contributed by atoms with Crippen LogP contribution in [0.5, 0.6) is 5.75 Å². The van der Waals surface area contributed by atoms with Crippen LogP contribution in [0.4, 0.5) is 0 Å². The van der Waals surface area contributed by atoms with Crippen molar-refractivity contribution in [3.63, 3.8) is 0 Å². The Kier molecular flexibility index (Phi) is 6.80. The van der Waals surface area contributed by atoms with E-state index in [4.69, 9.17) is 11.2 Å². The molecule has 1 atom stereocenters. The van der Waals surface area contributed by atoms with E-state index in [9.17, 15) is 9.59 Å². The summed E-state index contributed by atoms with van der Waals surface area (Å²) in [5.74, 6) is 1.32. The summed E-state index contributed by atoms with van der Waals surface area (Å²) < 4.78 is 5.58. The average Bonchev–Trinajstić information content (AvgIpc) is 2.78. The van der Waals surface area contributed by atoms with E-state index in [1.54, 1.807) is 13.0 Å². The second kappa shape index (κ2) is 9.89. The average molecular weight is 399 g/mol. The number of rotatable bonds is 6. The predicted octanol–water partition coefficient (Wildman–Crippen LogP) is 3.18. The Morgan fingerprint density at radius 3 is 2.57 bits per heavy atom. The molecule has 0 aliphatic rings. The van der Waals surface area contributed by atoms with Crippen LogP contribution in [0.1, 0.15) is 24.1 Å². The Morgan fingerprint density at radius 2 is 1.80 bits per heavy atom. The molecule has 3 aromatic carbocycles. The molecule has 0 aromatic heterocycles. The lowest BCUT2D eigenvalue weighted by molar-refractivity contribution is -0.139. The molecule has 0 aliphatic carbocycles. The molecule has 150 valence electrons. The van der Waals surface area contributed by atoms with Crippen LogP contribution < -0.4 is 15.5 Å². The van der Waals surface area contributed by atoms with E-state index in [2.05, 4.69) is 21.8 Å². The molecule has 30 heavy (non-hydrogen) atoms. The van der Waals surface area contributed by atoms with E-state index in [1.165, 1.54) is 6.21 Å². The van der Waals surface area contributed by atoms with Crippen LogP contribution in [0.3, 0.4) is 0 Å². The van der Waals surface area contributed by atoms with Gasteiger partial charge in [-0.2, -0.15) is 5.10 Å². The number of amides is 2. The number of nitrogens with one attached hydrogen (secondary N) is 2. The Labute approximate surface area is 174 Å². The number of fused-ring (bicyclic) bond motifs is 1. The van der Waals surface area contributed by atoms with Crippen LogP contribution >= 0.6 is 0 Å². The molecule has 0 unspecified atom stereocenters. The Balaban J connectivity index is 1.71. The molecule has 0 bridgehead atoms. The van der Waals surface area contributed by atoms with E-state index < -0.39 is 11.8 Å². The summed E-state index contributed by atoms with van der Waals surface area (Å²) in [5, 5.41) is 8.45. The number of hydrogen-bond acceptors (Lipinski definition) is 4. The summed E-state index contributed by atoms with van der Waals surface area (Å²) in [6.07, 6.45) is 6.73. The van der Waals surface area contributed by atoms with Crippen molar-refractivity contribution in [2.45, 2.75) is 13.0 Å². The summed E-state index contributed by atoms with van der Waals surface area (Å²) in [4.78, 5) is 24.3.